The van der Waals surface area contributed by atoms with E-state index in [0.29, 0.717) is 5.04 Å². The molecule has 2 heteroatoms. The summed E-state index contributed by atoms with van der Waals surface area (Å²) in [7, 11) is 1.24. The van der Waals surface area contributed by atoms with E-state index in [0.717, 1.165) is 0 Å². The van der Waals surface area contributed by atoms with E-state index in [4.69, 9.17) is 0 Å². The Morgan fingerprint density at radius 3 is 1.91 bits per heavy atom. The molecule has 1 aliphatic carbocycles. The minimum atomic E-state index is 0. The molecular formula is C9H17NaSi. The minimum Gasteiger partial charge on any atom is -1.00 e. The second-order valence-corrected chi connectivity index (χ2v) is 5.88. The van der Waals surface area contributed by atoms with Gasteiger partial charge in [0.2, 0.25) is 0 Å². The molecule has 0 nitrogen and oxygen atoms in total. The first-order valence-corrected chi connectivity index (χ1v) is 4.83. The summed E-state index contributed by atoms with van der Waals surface area (Å²) in [6.07, 6.45) is 2.41. The number of hydrogen-bond donors (Lipinski definition) is 0. The SMILES string of the molecule is CC1=CC(C)([SiH3])C(C)=C1C.[H-].[Na+]. The Morgan fingerprint density at radius 1 is 1.36 bits per heavy atom. The van der Waals surface area contributed by atoms with Crippen molar-refractivity contribution in [2.24, 2.45) is 0 Å². The van der Waals surface area contributed by atoms with Crippen molar-refractivity contribution < 1.29 is 31.0 Å². The maximum atomic E-state index is 2.41. The fourth-order valence-corrected chi connectivity index (χ4v) is 2.34. The van der Waals surface area contributed by atoms with Gasteiger partial charge in [0, 0.05) is 10.2 Å². The molecule has 1 atom stereocenters. The van der Waals surface area contributed by atoms with Crippen LogP contribution in [0.4, 0.5) is 0 Å². The first-order chi connectivity index (χ1) is 4.45. The molecule has 0 aromatic carbocycles. The van der Waals surface area contributed by atoms with Gasteiger partial charge >= 0.3 is 29.6 Å². The van der Waals surface area contributed by atoms with Crippen molar-refractivity contribution in [1.82, 2.24) is 0 Å². The molecule has 0 bridgehead atoms. The molecule has 0 heterocycles. The molecule has 0 aromatic heterocycles. The van der Waals surface area contributed by atoms with Gasteiger partial charge in [-0.15, -0.1) is 0 Å². The third-order valence-electron chi connectivity index (χ3n) is 2.70. The Morgan fingerprint density at radius 2 is 1.82 bits per heavy atom. The molecule has 1 aliphatic rings. The minimum absolute atomic E-state index is 0. The van der Waals surface area contributed by atoms with Gasteiger partial charge in [-0.2, -0.15) is 0 Å². The largest absolute Gasteiger partial charge is 1.00 e. The molecule has 0 radical (unpaired) electrons. The Labute approximate surface area is 96.3 Å². The van der Waals surface area contributed by atoms with E-state index in [-0.39, 0.29) is 31.0 Å². The average Bonchev–Trinajstić information content (AvgIpc) is 1.95. The van der Waals surface area contributed by atoms with Gasteiger partial charge in [-0.3, -0.25) is 0 Å². The van der Waals surface area contributed by atoms with Crippen LogP contribution in [0.2, 0.25) is 5.04 Å². The normalized spacial score (nSPS) is 30.4. The summed E-state index contributed by atoms with van der Waals surface area (Å²) in [5.74, 6) is 0. The quantitative estimate of drug-likeness (QED) is 0.413. The van der Waals surface area contributed by atoms with E-state index in [1.807, 2.05) is 0 Å². The molecule has 0 aliphatic heterocycles. The Hall–Kier alpha value is 0.697. The molecule has 0 aromatic rings. The first kappa shape index (κ1) is 11.7. The van der Waals surface area contributed by atoms with Crippen molar-refractivity contribution in [3.63, 3.8) is 0 Å². The summed E-state index contributed by atoms with van der Waals surface area (Å²) >= 11 is 0. The van der Waals surface area contributed by atoms with Crippen LogP contribution in [-0.4, -0.2) is 10.2 Å². The Kier molecular flexibility index (Phi) is 3.84. The second kappa shape index (κ2) is 3.61. The summed E-state index contributed by atoms with van der Waals surface area (Å²) < 4.78 is 0. The van der Waals surface area contributed by atoms with Crippen LogP contribution in [0.15, 0.2) is 22.8 Å². The fourth-order valence-electron chi connectivity index (χ4n) is 1.54. The van der Waals surface area contributed by atoms with Gasteiger partial charge in [0.05, 0.1) is 0 Å². The van der Waals surface area contributed by atoms with Gasteiger partial charge in [0.1, 0.15) is 0 Å². The molecule has 11 heavy (non-hydrogen) atoms. The summed E-state index contributed by atoms with van der Waals surface area (Å²) in [5.41, 5.74) is 4.57. The van der Waals surface area contributed by atoms with Crippen molar-refractivity contribution >= 4 is 10.2 Å². The van der Waals surface area contributed by atoms with Crippen LogP contribution in [0.5, 0.6) is 0 Å². The van der Waals surface area contributed by atoms with Gasteiger partial charge in [-0.25, -0.2) is 0 Å². The van der Waals surface area contributed by atoms with Crippen molar-refractivity contribution in [2.45, 2.75) is 32.7 Å². The van der Waals surface area contributed by atoms with Crippen molar-refractivity contribution in [1.29, 1.82) is 0 Å². The number of rotatable bonds is 0. The maximum absolute atomic E-state index is 2.41. The predicted octanol–water partition coefficient (Wildman–Crippen LogP) is -1.06. The topological polar surface area (TPSA) is 0 Å². The van der Waals surface area contributed by atoms with Crippen LogP contribution in [0.25, 0.3) is 0 Å². The standard InChI is InChI=1S/C9H16Si.Na.H/c1-6-5-9(4,10)8(3)7(6)2;;/h5H,1-4,10H3;;/q;+1;-1. The third-order valence-corrected chi connectivity index (χ3v) is 3.74. The van der Waals surface area contributed by atoms with Crippen molar-refractivity contribution in [3.05, 3.63) is 22.8 Å². The molecule has 0 saturated carbocycles. The van der Waals surface area contributed by atoms with Crippen LogP contribution in [0.3, 0.4) is 0 Å². The zero-order chi connectivity index (χ0) is 7.94. The van der Waals surface area contributed by atoms with Crippen LogP contribution < -0.4 is 29.6 Å². The molecule has 58 valence electrons. The van der Waals surface area contributed by atoms with Gasteiger partial charge < -0.3 is 1.43 Å². The molecule has 0 N–H and O–H groups in total. The molecule has 0 fully saturated rings. The smallest absolute Gasteiger partial charge is 1.00 e. The van der Waals surface area contributed by atoms with E-state index >= 15 is 0 Å². The van der Waals surface area contributed by atoms with Gasteiger partial charge in [0.15, 0.2) is 0 Å². The van der Waals surface area contributed by atoms with Crippen molar-refractivity contribution in [2.75, 3.05) is 0 Å². The monoisotopic (exact) mass is 176 g/mol. The zero-order valence-electron chi connectivity index (χ0n) is 9.58. The van der Waals surface area contributed by atoms with E-state index in [1.165, 1.54) is 21.4 Å². The van der Waals surface area contributed by atoms with Gasteiger partial charge in [-0.05, 0) is 31.4 Å². The molecule has 0 amide bonds. The summed E-state index contributed by atoms with van der Waals surface area (Å²) in [6.45, 7) is 9.02. The molecule has 0 saturated heterocycles. The fraction of sp³-hybridized carbons (Fsp3) is 0.556. The summed E-state index contributed by atoms with van der Waals surface area (Å²) in [6, 6.07) is 0. The second-order valence-electron chi connectivity index (χ2n) is 3.80. The molecular weight excluding hydrogens is 159 g/mol. The molecule has 1 rings (SSSR count). The number of hydrogen-bond acceptors (Lipinski definition) is 0. The van der Waals surface area contributed by atoms with Gasteiger partial charge in [-0.1, -0.05) is 24.1 Å². The van der Waals surface area contributed by atoms with Crippen LogP contribution in [0.1, 0.15) is 29.1 Å². The average molecular weight is 176 g/mol. The van der Waals surface area contributed by atoms with E-state index in [9.17, 15) is 0 Å². The molecule has 1 unspecified atom stereocenters. The van der Waals surface area contributed by atoms with Crippen LogP contribution in [0, 0.1) is 0 Å². The number of allylic oxidation sites excluding steroid dienone is 4. The van der Waals surface area contributed by atoms with Crippen molar-refractivity contribution in [3.8, 4) is 0 Å². The van der Waals surface area contributed by atoms with Crippen LogP contribution in [-0.2, 0) is 0 Å². The Balaban J connectivity index is 0. The summed E-state index contributed by atoms with van der Waals surface area (Å²) in [5, 5.41) is 0.453. The zero-order valence-corrected chi connectivity index (χ0v) is 12.6. The molecule has 0 spiro atoms. The maximum Gasteiger partial charge on any atom is 1.00 e. The Bertz CT molecular complexity index is 229. The third kappa shape index (κ3) is 2.09. The van der Waals surface area contributed by atoms with E-state index < -0.39 is 0 Å². The van der Waals surface area contributed by atoms with Crippen LogP contribution >= 0.6 is 0 Å². The first-order valence-electron chi connectivity index (χ1n) is 3.83. The van der Waals surface area contributed by atoms with E-state index in [1.54, 1.807) is 5.57 Å². The predicted molar refractivity (Wildman–Crippen MR) is 51.5 cm³/mol. The van der Waals surface area contributed by atoms with Gasteiger partial charge in [0.25, 0.3) is 0 Å². The van der Waals surface area contributed by atoms with E-state index in [2.05, 4.69) is 33.8 Å². The summed E-state index contributed by atoms with van der Waals surface area (Å²) in [4.78, 5) is 0.